The average Bonchev–Trinajstić information content (AvgIpc) is 3.00. The van der Waals surface area contributed by atoms with Gasteiger partial charge in [-0.1, -0.05) is 116 Å². The zero-order valence-corrected chi connectivity index (χ0v) is 27.9. The van der Waals surface area contributed by atoms with Gasteiger partial charge in [-0.3, -0.25) is 0 Å². The highest BCUT2D eigenvalue weighted by Gasteiger charge is 2.23. The third kappa shape index (κ3) is 6.70. The molecule has 1 N–H and O–H groups in total. The summed E-state index contributed by atoms with van der Waals surface area (Å²) in [5.41, 5.74) is 9.43. The van der Waals surface area contributed by atoms with E-state index in [1.807, 2.05) is 6.07 Å². The summed E-state index contributed by atoms with van der Waals surface area (Å²) in [5.74, 6) is 0. The molecule has 0 heterocycles. The molecule has 0 bridgehead atoms. The highest BCUT2D eigenvalue weighted by molar-refractivity contribution is 6.36. The van der Waals surface area contributed by atoms with Crippen LogP contribution in [0.2, 0.25) is 5.02 Å². The lowest BCUT2D eigenvalue weighted by Gasteiger charge is -2.30. The van der Waals surface area contributed by atoms with Crippen molar-refractivity contribution in [3.8, 4) is 0 Å². The lowest BCUT2D eigenvalue weighted by Crippen LogP contribution is -2.17. The second-order valence-electron chi connectivity index (χ2n) is 13.5. The van der Waals surface area contributed by atoms with Gasteiger partial charge >= 0.3 is 0 Å². The van der Waals surface area contributed by atoms with Crippen molar-refractivity contribution in [2.75, 3.05) is 10.2 Å². The molecule has 0 aliphatic heterocycles. The standard InChI is InChI=1S/C39H49ClN2/c1-10-37(4,5)28-16-22-31(23-17-28)41-34-14-13-15-35(36(34)40)42(32-24-18-29(19-25-32)38(6,7)11-2)33-26-20-30(21-27-33)39(8,9)12-3/h13-27,41H,10-12H2,1-9H3. The van der Waals surface area contributed by atoms with Crippen LogP contribution in [0.4, 0.5) is 28.4 Å². The van der Waals surface area contributed by atoms with Gasteiger partial charge in [0.2, 0.25) is 0 Å². The molecule has 4 aromatic carbocycles. The highest BCUT2D eigenvalue weighted by Crippen LogP contribution is 2.43. The first-order valence-corrected chi connectivity index (χ1v) is 15.9. The fourth-order valence-corrected chi connectivity index (χ4v) is 5.37. The van der Waals surface area contributed by atoms with Crippen LogP contribution in [0.25, 0.3) is 0 Å². The van der Waals surface area contributed by atoms with E-state index in [0.29, 0.717) is 5.02 Å². The SMILES string of the molecule is CCC(C)(C)c1ccc(Nc2cccc(N(c3ccc(C(C)(C)CC)cc3)c3ccc(C(C)(C)CC)cc3)c2Cl)cc1. The van der Waals surface area contributed by atoms with Crippen molar-refractivity contribution >= 4 is 40.0 Å². The molecule has 0 aliphatic rings. The van der Waals surface area contributed by atoms with Gasteiger partial charge in [0.1, 0.15) is 0 Å². The molecule has 0 aromatic heterocycles. The predicted molar refractivity (Wildman–Crippen MR) is 186 cm³/mol. The minimum absolute atomic E-state index is 0.125. The lowest BCUT2D eigenvalue weighted by molar-refractivity contribution is 0.506. The van der Waals surface area contributed by atoms with Crippen LogP contribution in [-0.2, 0) is 16.2 Å². The summed E-state index contributed by atoms with van der Waals surface area (Å²) in [6.07, 6.45) is 3.26. The minimum atomic E-state index is 0.125. The van der Waals surface area contributed by atoms with E-state index in [1.54, 1.807) is 0 Å². The molecule has 0 radical (unpaired) electrons. The summed E-state index contributed by atoms with van der Waals surface area (Å²) in [5, 5.41) is 4.27. The number of benzene rings is 4. The maximum Gasteiger partial charge on any atom is 0.0881 e. The minimum Gasteiger partial charge on any atom is -0.354 e. The number of hydrogen-bond acceptors (Lipinski definition) is 2. The van der Waals surface area contributed by atoms with E-state index < -0.39 is 0 Å². The second-order valence-corrected chi connectivity index (χ2v) is 13.9. The van der Waals surface area contributed by atoms with Crippen LogP contribution in [0.3, 0.4) is 0 Å². The molecule has 3 heteroatoms. The van der Waals surface area contributed by atoms with Crippen molar-refractivity contribution in [3.63, 3.8) is 0 Å². The number of rotatable bonds is 11. The Hall–Kier alpha value is -3.23. The van der Waals surface area contributed by atoms with Crippen molar-refractivity contribution in [3.05, 3.63) is 113 Å². The molecule has 222 valence electrons. The Balaban J connectivity index is 1.76. The molecule has 0 fully saturated rings. The topological polar surface area (TPSA) is 15.3 Å². The number of nitrogens with one attached hydrogen (secondary N) is 1. The smallest absolute Gasteiger partial charge is 0.0881 e. The molecule has 2 nitrogen and oxygen atoms in total. The van der Waals surface area contributed by atoms with Crippen molar-refractivity contribution in [2.45, 2.75) is 97.8 Å². The van der Waals surface area contributed by atoms with E-state index in [4.69, 9.17) is 11.6 Å². The molecular weight excluding hydrogens is 532 g/mol. The molecule has 0 aliphatic carbocycles. The van der Waals surface area contributed by atoms with Gasteiger partial charge in [-0.15, -0.1) is 0 Å². The molecule has 0 saturated carbocycles. The molecule has 42 heavy (non-hydrogen) atoms. The third-order valence-corrected chi connectivity index (χ3v) is 10.0. The van der Waals surface area contributed by atoms with Gasteiger partial charge in [-0.05, 0) is 101 Å². The largest absolute Gasteiger partial charge is 0.354 e. The van der Waals surface area contributed by atoms with Gasteiger partial charge in [-0.25, -0.2) is 0 Å². The van der Waals surface area contributed by atoms with Crippen molar-refractivity contribution < 1.29 is 0 Å². The Kier molecular flexibility index (Phi) is 9.48. The summed E-state index contributed by atoms with van der Waals surface area (Å²) in [4.78, 5) is 2.27. The summed E-state index contributed by atoms with van der Waals surface area (Å²) < 4.78 is 0. The zero-order chi connectivity index (χ0) is 30.7. The fraction of sp³-hybridized carbons (Fsp3) is 0.385. The summed E-state index contributed by atoms with van der Waals surface area (Å²) in [7, 11) is 0. The van der Waals surface area contributed by atoms with Gasteiger partial charge in [0.25, 0.3) is 0 Å². The zero-order valence-electron chi connectivity index (χ0n) is 27.1. The summed E-state index contributed by atoms with van der Waals surface area (Å²) in [6, 6.07) is 32.9. The van der Waals surface area contributed by atoms with Crippen molar-refractivity contribution in [1.82, 2.24) is 0 Å². The number of halogens is 1. The Morgan fingerprint density at radius 3 is 1.31 bits per heavy atom. The van der Waals surface area contributed by atoms with E-state index in [-0.39, 0.29) is 16.2 Å². The quantitative estimate of drug-likeness (QED) is 0.190. The van der Waals surface area contributed by atoms with E-state index >= 15 is 0 Å². The normalized spacial score (nSPS) is 12.3. The van der Waals surface area contributed by atoms with Gasteiger partial charge in [0.15, 0.2) is 0 Å². The Bertz CT molecular complexity index is 1400. The predicted octanol–water partition coefficient (Wildman–Crippen LogP) is 12.6. The van der Waals surface area contributed by atoms with Crippen LogP contribution in [0.5, 0.6) is 0 Å². The average molecular weight is 581 g/mol. The van der Waals surface area contributed by atoms with E-state index in [1.165, 1.54) is 16.7 Å². The van der Waals surface area contributed by atoms with Crippen LogP contribution in [0.15, 0.2) is 91.0 Å². The third-order valence-electron chi connectivity index (χ3n) is 9.63. The Morgan fingerprint density at radius 2 is 0.929 bits per heavy atom. The van der Waals surface area contributed by atoms with Gasteiger partial charge in [0, 0.05) is 17.1 Å². The molecular formula is C39H49ClN2. The second kappa shape index (κ2) is 12.6. The molecule has 0 spiro atoms. The summed E-state index contributed by atoms with van der Waals surface area (Å²) >= 11 is 7.23. The maximum atomic E-state index is 7.23. The number of nitrogens with zero attached hydrogens (tertiary/aromatic N) is 1. The molecule has 4 aromatic rings. The first kappa shape index (κ1) is 31.7. The van der Waals surface area contributed by atoms with Crippen LogP contribution >= 0.6 is 11.6 Å². The number of hydrogen-bond donors (Lipinski definition) is 1. The first-order chi connectivity index (χ1) is 19.8. The Morgan fingerprint density at radius 1 is 0.548 bits per heavy atom. The van der Waals surface area contributed by atoms with Crippen molar-refractivity contribution in [1.29, 1.82) is 0 Å². The van der Waals surface area contributed by atoms with Crippen LogP contribution in [0.1, 0.15) is 98.3 Å². The van der Waals surface area contributed by atoms with E-state index in [0.717, 1.165) is 47.7 Å². The molecule has 0 amide bonds. The molecule has 4 rings (SSSR count). The molecule has 0 atom stereocenters. The fourth-order valence-electron chi connectivity index (χ4n) is 5.11. The number of anilines is 5. The van der Waals surface area contributed by atoms with Crippen LogP contribution < -0.4 is 10.2 Å². The van der Waals surface area contributed by atoms with Gasteiger partial charge in [-0.2, -0.15) is 0 Å². The first-order valence-electron chi connectivity index (χ1n) is 15.5. The Labute approximate surface area is 260 Å². The highest BCUT2D eigenvalue weighted by atomic mass is 35.5. The van der Waals surface area contributed by atoms with E-state index in [9.17, 15) is 0 Å². The van der Waals surface area contributed by atoms with Crippen LogP contribution in [-0.4, -0.2) is 0 Å². The van der Waals surface area contributed by atoms with Crippen molar-refractivity contribution in [2.24, 2.45) is 0 Å². The van der Waals surface area contributed by atoms with Gasteiger partial charge < -0.3 is 10.2 Å². The summed E-state index contributed by atoms with van der Waals surface area (Å²) in [6.45, 7) is 20.5. The molecule has 0 saturated heterocycles. The molecule has 0 unspecified atom stereocenters. The lowest BCUT2D eigenvalue weighted by atomic mass is 9.82. The van der Waals surface area contributed by atoms with Crippen LogP contribution in [0, 0.1) is 0 Å². The monoisotopic (exact) mass is 580 g/mol. The van der Waals surface area contributed by atoms with E-state index in [2.05, 4.69) is 157 Å². The van der Waals surface area contributed by atoms with Gasteiger partial charge in [0.05, 0.1) is 16.4 Å². The maximum absolute atomic E-state index is 7.23.